The van der Waals surface area contributed by atoms with Gasteiger partial charge >= 0.3 is 0 Å². The van der Waals surface area contributed by atoms with Crippen LogP contribution in [0.2, 0.25) is 0 Å². The number of imide groups is 1. The van der Waals surface area contributed by atoms with Gasteiger partial charge in [-0.05, 0) is 25.5 Å². The summed E-state index contributed by atoms with van der Waals surface area (Å²) in [6.45, 7) is 2.42. The number of rotatable bonds is 1. The molecule has 0 bridgehead atoms. The molecule has 2 aliphatic rings. The number of amides is 2. The zero-order chi connectivity index (χ0) is 14.3. The summed E-state index contributed by atoms with van der Waals surface area (Å²) in [6.07, 6.45) is 0.872. The van der Waals surface area contributed by atoms with E-state index in [1.54, 1.807) is 0 Å². The molecule has 1 unspecified atom stereocenters. The van der Waals surface area contributed by atoms with Gasteiger partial charge < -0.3 is 10.6 Å². The van der Waals surface area contributed by atoms with Crippen molar-refractivity contribution in [1.82, 2.24) is 10.2 Å². The minimum absolute atomic E-state index is 0.210. The first-order valence-corrected chi connectivity index (χ1v) is 6.59. The lowest BCUT2D eigenvalue weighted by Gasteiger charge is -2.37. The summed E-state index contributed by atoms with van der Waals surface area (Å²) in [5.74, 6) is 0.309. The molecule has 0 aromatic heterocycles. The molecule has 0 spiro atoms. The van der Waals surface area contributed by atoms with Crippen LogP contribution in [-0.4, -0.2) is 28.6 Å². The summed E-state index contributed by atoms with van der Waals surface area (Å²) in [4.78, 5) is 29.7. The summed E-state index contributed by atoms with van der Waals surface area (Å²) in [5, 5.41) is 2.38. The Hall–Kier alpha value is -2.37. The van der Waals surface area contributed by atoms with Crippen LogP contribution in [-0.2, 0) is 16.1 Å². The van der Waals surface area contributed by atoms with Gasteiger partial charge in [0.25, 0.3) is 0 Å². The number of nitrogens with one attached hydrogen (secondary N) is 1. The van der Waals surface area contributed by atoms with E-state index >= 15 is 0 Å². The first-order valence-electron chi connectivity index (χ1n) is 6.59. The predicted octanol–water partition coefficient (Wildman–Crippen LogP) is 0.940. The lowest BCUT2D eigenvalue weighted by molar-refractivity contribution is -0.136. The Morgan fingerprint density at radius 1 is 1.40 bits per heavy atom. The topological polar surface area (TPSA) is 87.8 Å². The van der Waals surface area contributed by atoms with Crippen molar-refractivity contribution in [2.75, 3.05) is 5.73 Å². The number of anilines is 1. The van der Waals surface area contributed by atoms with E-state index in [1.807, 2.05) is 30.0 Å². The quantitative estimate of drug-likeness (QED) is 0.588. The van der Waals surface area contributed by atoms with Gasteiger partial charge in [0.05, 0.1) is 5.69 Å². The Labute approximate surface area is 116 Å². The fourth-order valence-electron chi connectivity index (χ4n) is 2.71. The molecule has 0 radical (unpaired) electrons. The molecule has 0 saturated carbocycles. The van der Waals surface area contributed by atoms with E-state index in [2.05, 4.69) is 10.3 Å². The highest BCUT2D eigenvalue weighted by molar-refractivity contribution is 6.02. The molecule has 2 amide bonds. The number of carbonyl (C=O) groups is 2. The smallest absolute Gasteiger partial charge is 0.249 e. The summed E-state index contributed by atoms with van der Waals surface area (Å²) in [5.41, 5.74) is 8.45. The van der Waals surface area contributed by atoms with Gasteiger partial charge in [-0.25, -0.2) is 4.99 Å². The van der Waals surface area contributed by atoms with Crippen molar-refractivity contribution in [3.63, 3.8) is 0 Å². The fraction of sp³-hybridized carbons (Fsp3) is 0.357. The molecule has 1 aromatic carbocycles. The van der Waals surface area contributed by atoms with E-state index in [1.165, 1.54) is 0 Å². The van der Waals surface area contributed by atoms with Crippen molar-refractivity contribution < 1.29 is 9.59 Å². The van der Waals surface area contributed by atoms with Crippen LogP contribution in [0, 0.1) is 0 Å². The first-order chi connectivity index (χ1) is 9.56. The number of nitrogens with zero attached hydrogens (tertiary/aromatic N) is 2. The van der Waals surface area contributed by atoms with Crippen LogP contribution in [0.5, 0.6) is 0 Å². The second-order valence-corrected chi connectivity index (χ2v) is 5.10. The maximum atomic E-state index is 12.0. The minimum Gasteiger partial charge on any atom is -0.398 e. The molecule has 3 rings (SSSR count). The molecule has 2 heterocycles. The molecule has 0 aliphatic carbocycles. The highest BCUT2D eigenvalue weighted by atomic mass is 16.2. The molecule has 2 aliphatic heterocycles. The van der Waals surface area contributed by atoms with E-state index in [0.717, 1.165) is 17.1 Å². The number of hydrogen-bond donors (Lipinski definition) is 2. The summed E-state index contributed by atoms with van der Waals surface area (Å²) < 4.78 is 0. The SMILES string of the molecule is CC1=Nc2cccc(N)c2CN1C1CCC(=O)NC1=O. The van der Waals surface area contributed by atoms with Crippen LogP contribution in [0.4, 0.5) is 11.4 Å². The van der Waals surface area contributed by atoms with Gasteiger partial charge in [-0.15, -0.1) is 0 Å². The summed E-state index contributed by atoms with van der Waals surface area (Å²) in [6, 6.07) is 5.26. The monoisotopic (exact) mass is 272 g/mol. The number of nitrogens with two attached hydrogens (primary N) is 1. The molecule has 6 nitrogen and oxygen atoms in total. The highest BCUT2D eigenvalue weighted by Gasteiger charge is 2.34. The van der Waals surface area contributed by atoms with Crippen LogP contribution < -0.4 is 11.1 Å². The predicted molar refractivity (Wildman–Crippen MR) is 75.3 cm³/mol. The number of carbonyl (C=O) groups excluding carboxylic acids is 2. The third-order valence-corrected chi connectivity index (χ3v) is 3.80. The largest absolute Gasteiger partial charge is 0.398 e. The van der Waals surface area contributed by atoms with E-state index < -0.39 is 0 Å². The summed E-state index contributed by atoms with van der Waals surface area (Å²) >= 11 is 0. The number of aliphatic imine (C=N–C) groups is 1. The zero-order valence-electron chi connectivity index (χ0n) is 11.2. The Morgan fingerprint density at radius 2 is 2.20 bits per heavy atom. The zero-order valence-corrected chi connectivity index (χ0v) is 11.2. The van der Waals surface area contributed by atoms with Gasteiger partial charge in [-0.3, -0.25) is 14.9 Å². The van der Waals surface area contributed by atoms with E-state index in [9.17, 15) is 9.59 Å². The Bertz CT molecular complexity index is 624. The van der Waals surface area contributed by atoms with Gasteiger partial charge in [0.1, 0.15) is 11.9 Å². The molecule has 20 heavy (non-hydrogen) atoms. The van der Waals surface area contributed by atoms with Crippen molar-refractivity contribution >= 4 is 29.0 Å². The molecule has 104 valence electrons. The molecule has 6 heteroatoms. The number of piperidine rings is 1. The molecule has 1 saturated heterocycles. The van der Waals surface area contributed by atoms with Crippen LogP contribution in [0.1, 0.15) is 25.3 Å². The second kappa shape index (κ2) is 4.63. The normalized spacial score (nSPS) is 22.1. The van der Waals surface area contributed by atoms with Gasteiger partial charge in [-0.2, -0.15) is 0 Å². The molecular weight excluding hydrogens is 256 g/mol. The van der Waals surface area contributed by atoms with Crippen molar-refractivity contribution in [3.8, 4) is 0 Å². The number of benzene rings is 1. The van der Waals surface area contributed by atoms with Crippen molar-refractivity contribution in [3.05, 3.63) is 23.8 Å². The van der Waals surface area contributed by atoms with Crippen molar-refractivity contribution in [1.29, 1.82) is 0 Å². The van der Waals surface area contributed by atoms with Crippen molar-refractivity contribution in [2.24, 2.45) is 4.99 Å². The number of fused-ring (bicyclic) bond motifs is 1. The number of hydrogen-bond acceptors (Lipinski definition) is 5. The average molecular weight is 272 g/mol. The van der Waals surface area contributed by atoms with Crippen molar-refractivity contribution in [2.45, 2.75) is 32.4 Å². The van der Waals surface area contributed by atoms with E-state index in [4.69, 9.17) is 5.73 Å². The Morgan fingerprint density at radius 3 is 2.95 bits per heavy atom. The second-order valence-electron chi connectivity index (χ2n) is 5.10. The molecule has 1 aromatic rings. The number of amidine groups is 1. The van der Waals surface area contributed by atoms with E-state index in [0.29, 0.717) is 25.1 Å². The third kappa shape index (κ3) is 2.03. The molecule has 1 atom stereocenters. The molecule has 1 fully saturated rings. The van der Waals surface area contributed by atoms with Crippen LogP contribution in [0.3, 0.4) is 0 Å². The Balaban J connectivity index is 1.92. The van der Waals surface area contributed by atoms with Gasteiger partial charge in [0, 0.05) is 24.2 Å². The minimum atomic E-state index is -0.357. The lowest BCUT2D eigenvalue weighted by Crippen LogP contribution is -2.54. The van der Waals surface area contributed by atoms with Gasteiger partial charge in [0.2, 0.25) is 11.8 Å². The Kier molecular flexibility index (Phi) is 2.93. The van der Waals surface area contributed by atoms with Crippen LogP contribution >= 0.6 is 0 Å². The molecule has 3 N–H and O–H groups in total. The number of nitrogen functional groups attached to an aromatic ring is 1. The van der Waals surface area contributed by atoms with Crippen LogP contribution in [0.25, 0.3) is 0 Å². The summed E-state index contributed by atoms with van der Waals surface area (Å²) in [7, 11) is 0. The maximum Gasteiger partial charge on any atom is 0.249 e. The fourth-order valence-corrected chi connectivity index (χ4v) is 2.71. The van der Waals surface area contributed by atoms with Crippen LogP contribution in [0.15, 0.2) is 23.2 Å². The standard InChI is InChI=1S/C14H16N4O2/c1-8-16-11-4-2-3-10(15)9(11)7-18(8)12-5-6-13(19)17-14(12)20/h2-4,12H,5-7,15H2,1H3,(H,17,19,20). The first kappa shape index (κ1) is 12.7. The average Bonchev–Trinajstić information content (AvgIpc) is 2.39. The third-order valence-electron chi connectivity index (χ3n) is 3.80. The van der Waals surface area contributed by atoms with E-state index in [-0.39, 0.29) is 17.9 Å². The molecular formula is C14H16N4O2. The maximum absolute atomic E-state index is 12.0. The highest BCUT2D eigenvalue weighted by Crippen LogP contribution is 2.32. The van der Waals surface area contributed by atoms with Gasteiger partial charge in [-0.1, -0.05) is 6.07 Å². The van der Waals surface area contributed by atoms with Gasteiger partial charge in [0.15, 0.2) is 0 Å². The lowest BCUT2D eigenvalue weighted by atomic mass is 10.0.